The fourth-order valence-electron chi connectivity index (χ4n) is 3.48. The number of likely N-dealkylation sites (tertiary alicyclic amines) is 1. The Labute approximate surface area is 165 Å². The first-order valence-corrected chi connectivity index (χ1v) is 9.30. The number of carbonyl (C=O) groups is 1. The van der Waals surface area contributed by atoms with E-state index in [0.29, 0.717) is 36.7 Å². The molecule has 1 amide bonds. The summed E-state index contributed by atoms with van der Waals surface area (Å²) < 4.78 is 28.5. The molecule has 0 saturated carbocycles. The average Bonchev–Trinajstić information content (AvgIpc) is 3.09. The zero-order chi connectivity index (χ0) is 20.4. The van der Waals surface area contributed by atoms with Crippen molar-refractivity contribution in [2.24, 2.45) is 0 Å². The maximum atomic E-state index is 13.4. The smallest absolute Gasteiger partial charge is 0.293 e. The largest absolute Gasteiger partial charge is 0.329 e. The molecule has 3 aromatic rings. The van der Waals surface area contributed by atoms with Gasteiger partial charge in [0.25, 0.3) is 11.8 Å². The molecule has 0 aromatic carbocycles. The number of nitrogens with one attached hydrogen (secondary N) is 2. The summed E-state index contributed by atoms with van der Waals surface area (Å²) in [4.78, 5) is 22.4. The number of rotatable bonds is 4. The second-order valence-electron chi connectivity index (χ2n) is 7.12. The fourth-order valence-corrected chi connectivity index (χ4v) is 3.48. The van der Waals surface area contributed by atoms with Crippen molar-refractivity contribution in [3.8, 4) is 6.07 Å². The minimum Gasteiger partial charge on any atom is -0.329 e. The number of hydrogen-bond acceptors (Lipinski definition) is 4. The van der Waals surface area contributed by atoms with Gasteiger partial charge in [-0.25, -0.2) is 18.7 Å². The quantitative estimate of drug-likeness (QED) is 0.701. The third kappa shape index (κ3) is 4.07. The molecule has 2 N–H and O–H groups in total. The molecular weight excluding hydrogens is 378 g/mol. The van der Waals surface area contributed by atoms with Crippen molar-refractivity contribution in [2.45, 2.75) is 25.3 Å². The molecule has 1 aliphatic heterocycles. The number of aromatic nitrogens is 3. The van der Waals surface area contributed by atoms with Crippen LogP contribution < -0.4 is 10.2 Å². The summed E-state index contributed by atoms with van der Waals surface area (Å²) in [5.74, 6) is -2.51. The van der Waals surface area contributed by atoms with E-state index in [2.05, 4.69) is 15.3 Å². The van der Waals surface area contributed by atoms with Gasteiger partial charge in [-0.2, -0.15) is 5.26 Å². The number of piperidine rings is 1. The minimum atomic E-state index is -2.58. The van der Waals surface area contributed by atoms with Crippen molar-refractivity contribution in [1.29, 1.82) is 5.26 Å². The van der Waals surface area contributed by atoms with Crippen LogP contribution in [0, 0.1) is 11.3 Å². The van der Waals surface area contributed by atoms with Crippen LogP contribution >= 0.6 is 0 Å². The van der Waals surface area contributed by atoms with Crippen LogP contribution in [0.15, 0.2) is 42.7 Å². The Balaban J connectivity index is 1.56. The summed E-state index contributed by atoms with van der Waals surface area (Å²) in [6, 6.07) is 10.6. The Morgan fingerprint density at radius 1 is 1.28 bits per heavy atom. The highest BCUT2D eigenvalue weighted by Gasteiger charge is 2.37. The third-order valence-corrected chi connectivity index (χ3v) is 5.07. The molecular formula is C20H19F2N6O+. The van der Waals surface area contributed by atoms with E-state index in [1.165, 1.54) is 6.20 Å². The number of amides is 1. The lowest BCUT2D eigenvalue weighted by Gasteiger charge is -2.28. The van der Waals surface area contributed by atoms with Gasteiger partial charge in [0.1, 0.15) is 24.1 Å². The molecule has 9 heteroatoms. The zero-order valence-corrected chi connectivity index (χ0v) is 15.5. The lowest BCUT2D eigenvalue weighted by molar-refractivity contribution is -0.921. The lowest BCUT2D eigenvalue weighted by atomic mass is 10.1. The Morgan fingerprint density at radius 2 is 2.07 bits per heavy atom. The molecule has 3 aromatic heterocycles. The molecule has 0 unspecified atom stereocenters. The monoisotopic (exact) mass is 397 g/mol. The van der Waals surface area contributed by atoms with Gasteiger partial charge in [0.2, 0.25) is 5.82 Å². The summed E-state index contributed by atoms with van der Waals surface area (Å²) >= 11 is 0. The average molecular weight is 397 g/mol. The molecule has 1 saturated heterocycles. The SMILES string of the molecule is N#Cc1ccc(NC(=O)c2nc(C[NH+]3CCC(F)(F)CC3)c3ccccn23)nc1. The summed E-state index contributed by atoms with van der Waals surface area (Å²) in [6.07, 6.45) is 2.85. The number of imidazole rings is 1. The zero-order valence-electron chi connectivity index (χ0n) is 15.5. The van der Waals surface area contributed by atoms with E-state index in [-0.39, 0.29) is 18.7 Å². The second kappa shape index (κ2) is 7.56. The maximum Gasteiger partial charge on any atom is 0.293 e. The van der Waals surface area contributed by atoms with Crippen LogP contribution in [0.1, 0.15) is 34.7 Å². The number of halogens is 2. The Morgan fingerprint density at radius 3 is 2.76 bits per heavy atom. The van der Waals surface area contributed by atoms with E-state index in [1.54, 1.807) is 28.8 Å². The molecule has 0 spiro atoms. The van der Waals surface area contributed by atoms with E-state index in [9.17, 15) is 13.6 Å². The van der Waals surface area contributed by atoms with Gasteiger partial charge in [-0.1, -0.05) is 6.07 Å². The van der Waals surface area contributed by atoms with E-state index in [4.69, 9.17) is 5.26 Å². The van der Waals surface area contributed by atoms with Gasteiger partial charge >= 0.3 is 0 Å². The lowest BCUT2D eigenvalue weighted by Crippen LogP contribution is -3.12. The maximum absolute atomic E-state index is 13.4. The van der Waals surface area contributed by atoms with Crippen molar-refractivity contribution < 1.29 is 18.5 Å². The molecule has 4 rings (SSSR count). The van der Waals surface area contributed by atoms with Gasteiger partial charge in [0.15, 0.2) is 0 Å². The molecule has 7 nitrogen and oxygen atoms in total. The van der Waals surface area contributed by atoms with E-state index in [0.717, 1.165) is 10.4 Å². The first-order chi connectivity index (χ1) is 13.9. The number of fused-ring (bicyclic) bond motifs is 1. The van der Waals surface area contributed by atoms with Crippen molar-refractivity contribution in [2.75, 3.05) is 18.4 Å². The fraction of sp³-hybridized carbons (Fsp3) is 0.300. The predicted octanol–water partition coefficient (Wildman–Crippen LogP) is 1.67. The number of anilines is 1. The highest BCUT2D eigenvalue weighted by Crippen LogP contribution is 2.23. The van der Waals surface area contributed by atoms with Crippen LogP contribution in [-0.2, 0) is 6.54 Å². The summed E-state index contributed by atoms with van der Waals surface area (Å²) in [6.45, 7) is 1.22. The van der Waals surface area contributed by atoms with Crippen LogP contribution in [0.3, 0.4) is 0 Å². The van der Waals surface area contributed by atoms with Crippen molar-refractivity contribution in [3.63, 3.8) is 0 Å². The van der Waals surface area contributed by atoms with Crippen molar-refractivity contribution >= 4 is 17.2 Å². The molecule has 1 aliphatic rings. The van der Waals surface area contributed by atoms with Crippen molar-refractivity contribution in [3.05, 3.63) is 59.8 Å². The van der Waals surface area contributed by atoms with Crippen LogP contribution in [-0.4, -0.2) is 39.3 Å². The molecule has 1 fully saturated rings. The van der Waals surface area contributed by atoms with E-state index < -0.39 is 11.8 Å². The number of nitriles is 1. The molecule has 0 aliphatic carbocycles. The number of nitrogens with zero attached hydrogens (tertiary/aromatic N) is 4. The third-order valence-electron chi connectivity index (χ3n) is 5.07. The molecule has 0 atom stereocenters. The first kappa shape index (κ1) is 19.0. The Hall–Kier alpha value is -3.38. The van der Waals surface area contributed by atoms with Gasteiger partial charge in [0.05, 0.1) is 37.0 Å². The number of carbonyl (C=O) groups excluding carboxylic acids is 1. The number of pyridine rings is 2. The Bertz CT molecular complexity index is 1080. The number of quaternary nitrogens is 1. The Kier molecular flexibility index (Phi) is 4.94. The highest BCUT2D eigenvalue weighted by atomic mass is 19.3. The standard InChI is InChI=1S/C20H18F2N6O/c21-20(22)6-9-27(10-7-20)13-15-16-3-1-2-8-28(16)18(25-15)19(29)26-17-5-4-14(11-23)12-24-17/h1-5,8,12H,6-7,9-10,13H2,(H,24,26,29)/p+1. The molecule has 0 radical (unpaired) electrons. The second-order valence-corrected chi connectivity index (χ2v) is 7.12. The molecule has 148 valence electrons. The predicted molar refractivity (Wildman–Crippen MR) is 101 cm³/mol. The molecule has 4 heterocycles. The van der Waals surface area contributed by atoms with E-state index >= 15 is 0 Å². The van der Waals surface area contributed by atoms with Crippen LogP contribution in [0.2, 0.25) is 0 Å². The molecule has 0 bridgehead atoms. The van der Waals surface area contributed by atoms with Gasteiger partial charge in [-0.3, -0.25) is 9.20 Å². The van der Waals surface area contributed by atoms with Crippen LogP contribution in [0.4, 0.5) is 14.6 Å². The summed E-state index contributed by atoms with van der Waals surface area (Å²) in [5.41, 5.74) is 1.87. The topological polar surface area (TPSA) is 87.5 Å². The molecule has 29 heavy (non-hydrogen) atoms. The van der Waals surface area contributed by atoms with Gasteiger partial charge < -0.3 is 10.2 Å². The summed E-state index contributed by atoms with van der Waals surface area (Å²) in [7, 11) is 0. The first-order valence-electron chi connectivity index (χ1n) is 9.30. The van der Waals surface area contributed by atoms with Gasteiger partial charge in [0, 0.05) is 12.4 Å². The minimum absolute atomic E-state index is 0.133. The van der Waals surface area contributed by atoms with Crippen molar-refractivity contribution in [1.82, 2.24) is 14.4 Å². The van der Waals surface area contributed by atoms with E-state index in [1.807, 2.05) is 18.2 Å². The number of alkyl halides is 2. The van der Waals surface area contributed by atoms with Crippen LogP contribution in [0.25, 0.3) is 5.52 Å². The van der Waals surface area contributed by atoms with Gasteiger partial charge in [-0.05, 0) is 24.3 Å². The highest BCUT2D eigenvalue weighted by molar-refractivity contribution is 6.02. The summed E-state index contributed by atoms with van der Waals surface area (Å²) in [5, 5.41) is 11.5. The number of hydrogen-bond donors (Lipinski definition) is 2. The normalized spacial score (nSPS) is 16.4. The van der Waals surface area contributed by atoms with Crippen LogP contribution in [0.5, 0.6) is 0 Å². The van der Waals surface area contributed by atoms with Gasteiger partial charge in [-0.15, -0.1) is 0 Å².